The monoisotopic (exact) mass is 326 g/mol. The normalized spacial score (nSPS) is 11.1. The molecule has 0 spiro atoms. The summed E-state index contributed by atoms with van der Waals surface area (Å²) >= 11 is 0. The highest BCUT2D eigenvalue weighted by Gasteiger charge is 2.36. The first-order valence-corrected chi connectivity index (χ1v) is 5.43. The zero-order chi connectivity index (χ0) is 14.9. The molecule has 5 nitrogen and oxygen atoms in total. The highest BCUT2D eigenvalue weighted by molar-refractivity contribution is 5.85. The minimum atomic E-state index is -4.67. The SMILES string of the molecule is COc1ccc(-n2cnc(C(F)(F)F)n2)c(CN)c1F.Cl. The lowest BCUT2D eigenvalue weighted by molar-refractivity contribution is -0.144. The fraction of sp³-hybridized carbons (Fsp3) is 0.273. The van der Waals surface area contributed by atoms with E-state index in [0.717, 1.165) is 11.0 Å². The molecular weight excluding hydrogens is 316 g/mol. The number of aromatic nitrogens is 3. The van der Waals surface area contributed by atoms with Crippen LogP contribution in [0.4, 0.5) is 17.6 Å². The molecule has 0 radical (unpaired) electrons. The molecule has 0 amide bonds. The Hall–Kier alpha value is -1.87. The molecule has 0 unspecified atom stereocenters. The Kier molecular flexibility index (Phi) is 5.13. The Balaban J connectivity index is 0.00000220. The molecule has 1 aromatic carbocycles. The van der Waals surface area contributed by atoms with E-state index in [0.29, 0.717) is 0 Å². The van der Waals surface area contributed by atoms with E-state index in [9.17, 15) is 17.6 Å². The van der Waals surface area contributed by atoms with Crippen molar-refractivity contribution in [1.29, 1.82) is 0 Å². The first kappa shape index (κ1) is 17.2. The van der Waals surface area contributed by atoms with Gasteiger partial charge in [0.15, 0.2) is 11.6 Å². The second-order valence-corrected chi connectivity index (χ2v) is 3.79. The Morgan fingerprint density at radius 3 is 2.48 bits per heavy atom. The van der Waals surface area contributed by atoms with Crippen molar-refractivity contribution in [2.45, 2.75) is 12.7 Å². The zero-order valence-corrected chi connectivity index (χ0v) is 11.5. The van der Waals surface area contributed by atoms with Crippen LogP contribution >= 0.6 is 12.4 Å². The van der Waals surface area contributed by atoms with Crippen molar-refractivity contribution < 1.29 is 22.3 Å². The molecule has 0 saturated heterocycles. The van der Waals surface area contributed by atoms with Crippen LogP contribution in [-0.4, -0.2) is 21.9 Å². The number of nitrogens with two attached hydrogens (primary N) is 1. The highest BCUT2D eigenvalue weighted by atomic mass is 35.5. The smallest absolute Gasteiger partial charge is 0.453 e. The Bertz CT molecular complexity index is 629. The van der Waals surface area contributed by atoms with Crippen molar-refractivity contribution in [2.24, 2.45) is 5.73 Å². The predicted octanol–water partition coefficient (Wildman–Crippen LogP) is 2.31. The summed E-state index contributed by atoms with van der Waals surface area (Å²) in [4.78, 5) is 3.14. The number of halogens is 5. The standard InChI is InChI=1S/C11H10F4N4O.ClH/c1-20-8-3-2-7(6(4-16)9(8)12)19-5-17-10(18-19)11(13,14)15;/h2-3,5H,4,16H2,1H3;1H. The first-order valence-electron chi connectivity index (χ1n) is 5.43. The number of hydrogen-bond donors (Lipinski definition) is 1. The van der Waals surface area contributed by atoms with Gasteiger partial charge >= 0.3 is 6.18 Å². The number of methoxy groups -OCH3 is 1. The van der Waals surface area contributed by atoms with Crippen LogP contribution in [0.15, 0.2) is 18.5 Å². The van der Waals surface area contributed by atoms with Crippen LogP contribution in [0.1, 0.15) is 11.4 Å². The first-order chi connectivity index (χ1) is 9.38. The van der Waals surface area contributed by atoms with Crippen molar-refractivity contribution in [3.63, 3.8) is 0 Å². The third kappa shape index (κ3) is 3.24. The second kappa shape index (κ2) is 6.27. The minimum absolute atomic E-state index is 0. The van der Waals surface area contributed by atoms with Crippen molar-refractivity contribution in [3.05, 3.63) is 35.7 Å². The topological polar surface area (TPSA) is 66.0 Å². The molecule has 10 heteroatoms. The van der Waals surface area contributed by atoms with E-state index in [1.807, 2.05) is 0 Å². The Morgan fingerprint density at radius 2 is 2.00 bits per heavy atom. The number of benzene rings is 1. The average Bonchev–Trinajstić information content (AvgIpc) is 2.87. The predicted molar refractivity (Wildman–Crippen MR) is 68.0 cm³/mol. The molecular formula is C11H11ClF4N4O. The maximum absolute atomic E-state index is 14.0. The van der Waals surface area contributed by atoms with E-state index < -0.39 is 17.8 Å². The molecule has 0 aliphatic carbocycles. The van der Waals surface area contributed by atoms with E-state index in [1.54, 1.807) is 0 Å². The van der Waals surface area contributed by atoms with Crippen LogP contribution < -0.4 is 10.5 Å². The number of ether oxygens (including phenoxy) is 1. The van der Waals surface area contributed by atoms with Gasteiger partial charge in [0.05, 0.1) is 12.8 Å². The maximum Gasteiger partial charge on any atom is 0.453 e. The molecule has 0 fully saturated rings. The van der Waals surface area contributed by atoms with E-state index in [2.05, 4.69) is 10.1 Å². The van der Waals surface area contributed by atoms with Gasteiger partial charge in [-0.15, -0.1) is 17.5 Å². The molecule has 0 saturated carbocycles. The van der Waals surface area contributed by atoms with E-state index in [4.69, 9.17) is 10.5 Å². The average molecular weight is 327 g/mol. The molecule has 2 N–H and O–H groups in total. The van der Waals surface area contributed by atoms with Crippen LogP contribution in [0.2, 0.25) is 0 Å². The third-order valence-electron chi connectivity index (χ3n) is 2.60. The van der Waals surface area contributed by atoms with Gasteiger partial charge in [0, 0.05) is 12.1 Å². The lowest BCUT2D eigenvalue weighted by Crippen LogP contribution is -2.11. The summed E-state index contributed by atoms with van der Waals surface area (Å²) in [5.41, 5.74) is 5.49. The van der Waals surface area contributed by atoms with E-state index in [-0.39, 0.29) is 36.0 Å². The van der Waals surface area contributed by atoms with Gasteiger partial charge in [-0.05, 0) is 12.1 Å². The molecule has 116 valence electrons. The summed E-state index contributed by atoms with van der Waals surface area (Å²) in [6.07, 6.45) is -3.82. The highest BCUT2D eigenvalue weighted by Crippen LogP contribution is 2.28. The van der Waals surface area contributed by atoms with Gasteiger partial charge in [-0.2, -0.15) is 13.2 Å². The maximum atomic E-state index is 14.0. The van der Waals surface area contributed by atoms with Gasteiger partial charge in [0.1, 0.15) is 6.33 Å². The molecule has 0 aliphatic rings. The van der Waals surface area contributed by atoms with Gasteiger partial charge in [-0.3, -0.25) is 0 Å². The largest absolute Gasteiger partial charge is 0.494 e. The number of rotatable bonds is 3. The molecule has 2 rings (SSSR count). The number of alkyl halides is 3. The van der Waals surface area contributed by atoms with E-state index >= 15 is 0 Å². The van der Waals surface area contributed by atoms with Crippen LogP contribution in [0.25, 0.3) is 5.69 Å². The molecule has 1 heterocycles. The van der Waals surface area contributed by atoms with Gasteiger partial charge in [-0.25, -0.2) is 14.1 Å². The quantitative estimate of drug-likeness (QED) is 0.879. The summed E-state index contributed by atoms with van der Waals surface area (Å²) in [5, 5.41) is 3.27. The van der Waals surface area contributed by atoms with Gasteiger partial charge in [0.2, 0.25) is 0 Å². The number of nitrogens with zero attached hydrogens (tertiary/aromatic N) is 3. The van der Waals surface area contributed by atoms with Gasteiger partial charge in [-0.1, -0.05) is 0 Å². The van der Waals surface area contributed by atoms with Crippen LogP contribution in [-0.2, 0) is 12.7 Å². The fourth-order valence-corrected chi connectivity index (χ4v) is 1.67. The van der Waals surface area contributed by atoms with Gasteiger partial charge < -0.3 is 10.5 Å². The molecule has 2 aromatic rings. The summed E-state index contributed by atoms with van der Waals surface area (Å²) in [6, 6.07) is 2.64. The summed E-state index contributed by atoms with van der Waals surface area (Å²) in [7, 11) is 1.27. The van der Waals surface area contributed by atoms with Crippen LogP contribution in [0.5, 0.6) is 5.75 Å². The summed E-state index contributed by atoms with van der Waals surface area (Å²) in [6.45, 7) is -0.223. The Morgan fingerprint density at radius 1 is 1.33 bits per heavy atom. The lowest BCUT2D eigenvalue weighted by Gasteiger charge is -2.11. The van der Waals surface area contributed by atoms with Crippen LogP contribution in [0.3, 0.4) is 0 Å². The van der Waals surface area contributed by atoms with Gasteiger partial charge in [0.25, 0.3) is 5.82 Å². The van der Waals surface area contributed by atoms with Crippen molar-refractivity contribution in [2.75, 3.05) is 7.11 Å². The summed E-state index contributed by atoms with van der Waals surface area (Å²) < 4.78 is 56.9. The second-order valence-electron chi connectivity index (χ2n) is 3.79. The molecule has 1 aromatic heterocycles. The van der Waals surface area contributed by atoms with Crippen LogP contribution in [0, 0.1) is 5.82 Å². The molecule has 0 bridgehead atoms. The fourth-order valence-electron chi connectivity index (χ4n) is 1.67. The number of hydrogen-bond acceptors (Lipinski definition) is 4. The van der Waals surface area contributed by atoms with E-state index in [1.165, 1.54) is 19.2 Å². The molecule has 0 aliphatic heterocycles. The van der Waals surface area contributed by atoms with Crippen molar-refractivity contribution in [3.8, 4) is 11.4 Å². The molecule has 0 atom stereocenters. The third-order valence-corrected chi connectivity index (χ3v) is 2.60. The minimum Gasteiger partial charge on any atom is -0.494 e. The Labute approximate surface area is 123 Å². The molecule has 21 heavy (non-hydrogen) atoms. The lowest BCUT2D eigenvalue weighted by atomic mass is 10.1. The van der Waals surface area contributed by atoms with Crippen molar-refractivity contribution in [1.82, 2.24) is 14.8 Å². The summed E-state index contributed by atoms with van der Waals surface area (Å²) in [5.74, 6) is -2.10. The zero-order valence-electron chi connectivity index (χ0n) is 10.7. The van der Waals surface area contributed by atoms with Crippen molar-refractivity contribution >= 4 is 12.4 Å².